The predicted molar refractivity (Wildman–Crippen MR) is 107 cm³/mol. The first-order chi connectivity index (χ1) is 13.4. The van der Waals surface area contributed by atoms with Gasteiger partial charge in [-0.1, -0.05) is 29.3 Å². The lowest BCUT2D eigenvalue weighted by atomic mass is 10.3. The molecule has 0 bridgehead atoms. The third kappa shape index (κ3) is 4.72. The zero-order valence-electron chi connectivity index (χ0n) is 14.9. The van der Waals surface area contributed by atoms with Crippen molar-refractivity contribution in [2.24, 2.45) is 0 Å². The SMILES string of the molecule is O=C(CCNc1ncccn1)N1CCN(S(=O)(=O)c2c(Cl)cccc2Cl)CC1. The summed E-state index contributed by atoms with van der Waals surface area (Å²) >= 11 is 12.1. The lowest BCUT2D eigenvalue weighted by molar-refractivity contribution is -0.132. The maximum absolute atomic E-state index is 12.9. The smallest absolute Gasteiger partial charge is 0.246 e. The molecule has 1 amide bonds. The number of halogens is 2. The number of carbonyl (C=O) groups is 1. The monoisotopic (exact) mass is 443 g/mol. The number of hydrogen-bond donors (Lipinski definition) is 1. The Hall–Kier alpha value is -1.94. The summed E-state index contributed by atoms with van der Waals surface area (Å²) in [5.41, 5.74) is 0. The Balaban J connectivity index is 1.54. The number of sulfonamides is 1. The summed E-state index contributed by atoms with van der Waals surface area (Å²) in [6.07, 6.45) is 3.49. The van der Waals surface area contributed by atoms with Crippen LogP contribution in [0, 0.1) is 0 Å². The summed E-state index contributed by atoms with van der Waals surface area (Å²) in [7, 11) is -3.82. The molecule has 1 aliphatic rings. The van der Waals surface area contributed by atoms with Gasteiger partial charge in [-0.3, -0.25) is 4.79 Å². The van der Waals surface area contributed by atoms with E-state index in [0.717, 1.165) is 0 Å². The average Bonchev–Trinajstić information content (AvgIpc) is 2.68. The molecule has 2 heterocycles. The van der Waals surface area contributed by atoms with E-state index in [-0.39, 0.29) is 40.4 Å². The van der Waals surface area contributed by atoms with Gasteiger partial charge in [0.2, 0.25) is 21.9 Å². The highest BCUT2D eigenvalue weighted by molar-refractivity contribution is 7.89. The number of carbonyl (C=O) groups excluding carboxylic acids is 1. The number of aromatic nitrogens is 2. The standard InChI is InChI=1S/C17H19Cl2N5O3S/c18-13-3-1-4-14(19)16(13)28(26,27)24-11-9-23(10-12-24)15(25)5-8-22-17-20-6-2-7-21-17/h1-4,6-7H,5,8-12H2,(H,20,21,22). The Kier molecular flexibility index (Phi) is 6.71. The minimum absolute atomic E-state index is 0.0590. The van der Waals surface area contributed by atoms with Crippen LogP contribution < -0.4 is 5.32 Å². The van der Waals surface area contributed by atoms with E-state index in [1.165, 1.54) is 16.4 Å². The molecule has 8 nitrogen and oxygen atoms in total. The van der Waals surface area contributed by atoms with Gasteiger partial charge in [0, 0.05) is 51.5 Å². The zero-order valence-corrected chi connectivity index (χ0v) is 17.2. The van der Waals surface area contributed by atoms with Crippen LogP contribution in [0.3, 0.4) is 0 Å². The molecule has 0 atom stereocenters. The van der Waals surface area contributed by atoms with Crippen LogP contribution in [0.2, 0.25) is 10.0 Å². The fourth-order valence-corrected chi connectivity index (χ4v) is 5.38. The quantitative estimate of drug-likeness (QED) is 0.734. The third-order valence-electron chi connectivity index (χ3n) is 4.30. The number of amides is 1. The molecular formula is C17H19Cl2N5O3S. The normalized spacial score (nSPS) is 15.4. The van der Waals surface area contributed by atoms with Crippen molar-refractivity contribution in [2.45, 2.75) is 11.3 Å². The molecule has 1 N–H and O–H groups in total. The summed E-state index contributed by atoms with van der Waals surface area (Å²) in [5.74, 6) is 0.402. The van der Waals surface area contributed by atoms with E-state index in [9.17, 15) is 13.2 Å². The van der Waals surface area contributed by atoms with Crippen molar-refractivity contribution in [2.75, 3.05) is 38.0 Å². The zero-order chi connectivity index (χ0) is 20.1. The third-order valence-corrected chi connectivity index (χ3v) is 7.15. The van der Waals surface area contributed by atoms with Gasteiger partial charge in [-0.25, -0.2) is 18.4 Å². The maximum Gasteiger partial charge on any atom is 0.246 e. The number of rotatable bonds is 6. The molecule has 0 saturated carbocycles. The lowest BCUT2D eigenvalue weighted by Crippen LogP contribution is -2.50. The highest BCUT2D eigenvalue weighted by atomic mass is 35.5. The lowest BCUT2D eigenvalue weighted by Gasteiger charge is -2.34. The highest BCUT2D eigenvalue weighted by Crippen LogP contribution is 2.31. The van der Waals surface area contributed by atoms with E-state index < -0.39 is 10.0 Å². The van der Waals surface area contributed by atoms with E-state index in [1.807, 2.05) is 0 Å². The minimum Gasteiger partial charge on any atom is -0.354 e. The first-order valence-corrected chi connectivity index (χ1v) is 10.8. The van der Waals surface area contributed by atoms with Gasteiger partial charge in [0.1, 0.15) is 4.90 Å². The molecule has 0 spiro atoms. The van der Waals surface area contributed by atoms with Crippen LogP contribution in [0.1, 0.15) is 6.42 Å². The fourth-order valence-electron chi connectivity index (χ4n) is 2.87. The van der Waals surface area contributed by atoms with Gasteiger partial charge in [0.25, 0.3) is 0 Å². The van der Waals surface area contributed by atoms with Crippen molar-refractivity contribution in [1.29, 1.82) is 0 Å². The summed E-state index contributed by atoms with van der Waals surface area (Å²) < 4.78 is 27.0. The van der Waals surface area contributed by atoms with Crippen molar-refractivity contribution >= 4 is 45.1 Å². The van der Waals surface area contributed by atoms with Gasteiger partial charge < -0.3 is 10.2 Å². The largest absolute Gasteiger partial charge is 0.354 e. The maximum atomic E-state index is 12.9. The second-order valence-electron chi connectivity index (χ2n) is 6.08. The van der Waals surface area contributed by atoms with Gasteiger partial charge in [0.15, 0.2) is 0 Å². The molecule has 1 aromatic carbocycles. The van der Waals surface area contributed by atoms with E-state index in [1.54, 1.807) is 29.4 Å². The van der Waals surface area contributed by atoms with Crippen LogP contribution in [0.15, 0.2) is 41.6 Å². The Morgan fingerprint density at radius 2 is 1.64 bits per heavy atom. The van der Waals surface area contributed by atoms with Crippen LogP contribution in [0.25, 0.3) is 0 Å². The van der Waals surface area contributed by atoms with Gasteiger partial charge in [-0.05, 0) is 18.2 Å². The van der Waals surface area contributed by atoms with Crippen LogP contribution >= 0.6 is 23.2 Å². The van der Waals surface area contributed by atoms with Crippen LogP contribution in [-0.4, -0.2) is 66.2 Å². The molecule has 150 valence electrons. The Labute approximate surface area is 173 Å². The summed E-state index contributed by atoms with van der Waals surface area (Å²) in [4.78, 5) is 22.0. The molecule has 0 unspecified atom stereocenters. The number of nitrogens with zero attached hydrogens (tertiary/aromatic N) is 4. The van der Waals surface area contributed by atoms with Gasteiger partial charge >= 0.3 is 0 Å². The topological polar surface area (TPSA) is 95.5 Å². The van der Waals surface area contributed by atoms with Gasteiger partial charge in [-0.2, -0.15) is 4.31 Å². The molecule has 1 fully saturated rings. The van der Waals surface area contributed by atoms with Crippen molar-refractivity contribution in [3.63, 3.8) is 0 Å². The molecule has 3 rings (SSSR count). The van der Waals surface area contributed by atoms with Crippen LogP contribution in [0.4, 0.5) is 5.95 Å². The Morgan fingerprint density at radius 3 is 2.25 bits per heavy atom. The summed E-state index contributed by atoms with van der Waals surface area (Å²) in [6.45, 7) is 1.39. The molecule has 1 aliphatic heterocycles. The average molecular weight is 444 g/mol. The number of piperazine rings is 1. The number of nitrogens with one attached hydrogen (secondary N) is 1. The highest BCUT2D eigenvalue weighted by Gasteiger charge is 2.32. The van der Waals surface area contributed by atoms with E-state index >= 15 is 0 Å². The van der Waals surface area contributed by atoms with E-state index in [4.69, 9.17) is 23.2 Å². The fraction of sp³-hybridized carbons (Fsp3) is 0.353. The van der Waals surface area contributed by atoms with Gasteiger partial charge in [-0.15, -0.1) is 0 Å². The second-order valence-corrected chi connectivity index (χ2v) is 8.77. The molecule has 2 aromatic rings. The van der Waals surface area contributed by atoms with E-state index in [0.29, 0.717) is 25.6 Å². The van der Waals surface area contributed by atoms with E-state index in [2.05, 4.69) is 15.3 Å². The predicted octanol–water partition coefficient (Wildman–Crippen LogP) is 2.12. The number of hydrogen-bond acceptors (Lipinski definition) is 6. The summed E-state index contributed by atoms with van der Waals surface area (Å²) in [5, 5.41) is 3.14. The number of benzene rings is 1. The Bertz CT molecular complexity index is 915. The molecule has 1 aromatic heterocycles. The number of anilines is 1. The molecule has 0 radical (unpaired) electrons. The first kappa shape index (κ1) is 20.8. The molecule has 28 heavy (non-hydrogen) atoms. The summed E-state index contributed by atoms with van der Waals surface area (Å²) in [6, 6.07) is 6.28. The van der Waals surface area contributed by atoms with Crippen molar-refractivity contribution in [1.82, 2.24) is 19.2 Å². The minimum atomic E-state index is -3.82. The molecule has 11 heteroatoms. The van der Waals surface area contributed by atoms with Crippen LogP contribution in [0.5, 0.6) is 0 Å². The van der Waals surface area contributed by atoms with Gasteiger partial charge in [0.05, 0.1) is 10.0 Å². The first-order valence-electron chi connectivity index (χ1n) is 8.62. The van der Waals surface area contributed by atoms with Crippen molar-refractivity contribution < 1.29 is 13.2 Å². The molecule has 1 saturated heterocycles. The van der Waals surface area contributed by atoms with Crippen molar-refractivity contribution in [3.8, 4) is 0 Å². The Morgan fingerprint density at radius 1 is 1.04 bits per heavy atom. The van der Waals surface area contributed by atoms with Crippen molar-refractivity contribution in [3.05, 3.63) is 46.7 Å². The van der Waals surface area contributed by atoms with Crippen LogP contribution in [-0.2, 0) is 14.8 Å². The second kappa shape index (κ2) is 9.04. The molecular weight excluding hydrogens is 425 g/mol. The molecule has 0 aliphatic carbocycles.